The number of benzene rings is 2. The zero-order valence-corrected chi connectivity index (χ0v) is 15.3. The van der Waals surface area contributed by atoms with Gasteiger partial charge >= 0.3 is 0 Å². The standard InChI is InChI=1S/C18H22N2O4S/c1-13-7-4-5-10-17(13)24-12-18(21)19-14(2)15-8-6-9-16(11-15)20-25(3,22)23/h4-11,14,20H,12H2,1-3H3,(H,19,21)/t14-/m1/s1. The molecule has 0 aliphatic carbocycles. The van der Waals surface area contributed by atoms with E-state index in [0.717, 1.165) is 17.4 Å². The Morgan fingerprint density at radius 3 is 2.56 bits per heavy atom. The van der Waals surface area contributed by atoms with Gasteiger partial charge < -0.3 is 10.1 Å². The molecule has 0 saturated carbocycles. The van der Waals surface area contributed by atoms with Crippen molar-refractivity contribution in [1.82, 2.24) is 5.32 Å². The Hall–Kier alpha value is -2.54. The van der Waals surface area contributed by atoms with Gasteiger partial charge in [0.15, 0.2) is 6.61 Å². The fraction of sp³-hybridized carbons (Fsp3) is 0.278. The SMILES string of the molecule is Cc1ccccc1OCC(=O)N[C@H](C)c1cccc(NS(C)(=O)=O)c1. The summed E-state index contributed by atoms with van der Waals surface area (Å²) in [6.07, 6.45) is 1.09. The Balaban J connectivity index is 1.95. The topological polar surface area (TPSA) is 84.5 Å². The molecule has 2 aromatic carbocycles. The molecule has 134 valence electrons. The average Bonchev–Trinajstić information content (AvgIpc) is 2.52. The number of rotatable bonds is 7. The van der Waals surface area contributed by atoms with Crippen LogP contribution < -0.4 is 14.8 Å². The van der Waals surface area contributed by atoms with Gasteiger partial charge in [-0.3, -0.25) is 9.52 Å². The predicted octanol–water partition coefficient (Wildman–Crippen LogP) is 2.62. The molecule has 1 amide bonds. The van der Waals surface area contributed by atoms with Gasteiger partial charge in [0.25, 0.3) is 5.91 Å². The number of para-hydroxylation sites is 1. The van der Waals surface area contributed by atoms with Gasteiger partial charge in [-0.1, -0.05) is 30.3 Å². The van der Waals surface area contributed by atoms with Crippen molar-refractivity contribution in [3.8, 4) is 5.75 Å². The number of hydrogen-bond acceptors (Lipinski definition) is 4. The first kappa shape index (κ1) is 18.8. The Labute approximate surface area is 148 Å². The van der Waals surface area contributed by atoms with Crippen LogP contribution in [0.3, 0.4) is 0 Å². The van der Waals surface area contributed by atoms with E-state index in [1.165, 1.54) is 0 Å². The van der Waals surface area contributed by atoms with Crippen LogP contribution in [-0.4, -0.2) is 27.2 Å². The molecule has 0 bridgehead atoms. The first-order chi connectivity index (χ1) is 11.7. The summed E-state index contributed by atoms with van der Waals surface area (Å²) < 4.78 is 30.6. The summed E-state index contributed by atoms with van der Waals surface area (Å²) >= 11 is 0. The molecule has 0 unspecified atom stereocenters. The highest BCUT2D eigenvalue weighted by molar-refractivity contribution is 7.92. The molecule has 7 heteroatoms. The van der Waals surface area contributed by atoms with Crippen molar-refractivity contribution >= 4 is 21.6 Å². The van der Waals surface area contributed by atoms with E-state index in [1.54, 1.807) is 18.2 Å². The minimum atomic E-state index is -3.34. The molecule has 0 spiro atoms. The second-order valence-corrected chi connectivity index (χ2v) is 7.59. The lowest BCUT2D eigenvalue weighted by atomic mass is 10.1. The highest BCUT2D eigenvalue weighted by Gasteiger charge is 2.12. The highest BCUT2D eigenvalue weighted by atomic mass is 32.2. The molecular formula is C18H22N2O4S. The molecule has 0 aliphatic heterocycles. The molecule has 1 atom stereocenters. The quantitative estimate of drug-likeness (QED) is 0.793. The van der Waals surface area contributed by atoms with E-state index in [0.29, 0.717) is 11.4 Å². The largest absolute Gasteiger partial charge is 0.484 e. The van der Waals surface area contributed by atoms with Crippen LogP contribution in [0.2, 0.25) is 0 Å². The Morgan fingerprint density at radius 1 is 1.16 bits per heavy atom. The smallest absolute Gasteiger partial charge is 0.258 e. The molecule has 2 aromatic rings. The van der Waals surface area contributed by atoms with Gasteiger partial charge in [0, 0.05) is 5.69 Å². The minimum Gasteiger partial charge on any atom is -0.484 e. The summed E-state index contributed by atoms with van der Waals surface area (Å²) in [6, 6.07) is 14.1. The van der Waals surface area contributed by atoms with Gasteiger partial charge in [-0.15, -0.1) is 0 Å². The van der Waals surface area contributed by atoms with E-state index in [9.17, 15) is 13.2 Å². The van der Waals surface area contributed by atoms with Gasteiger partial charge in [0.05, 0.1) is 12.3 Å². The van der Waals surface area contributed by atoms with Crippen LogP contribution in [0.15, 0.2) is 48.5 Å². The molecule has 6 nitrogen and oxygen atoms in total. The van der Waals surface area contributed by atoms with Crippen molar-refractivity contribution in [3.05, 3.63) is 59.7 Å². The summed E-state index contributed by atoms with van der Waals surface area (Å²) in [6.45, 7) is 3.65. The fourth-order valence-corrected chi connectivity index (χ4v) is 2.87. The lowest BCUT2D eigenvalue weighted by Gasteiger charge is -2.16. The molecule has 0 fully saturated rings. The summed E-state index contributed by atoms with van der Waals surface area (Å²) in [5.74, 6) is 0.418. The summed E-state index contributed by atoms with van der Waals surface area (Å²) in [5.41, 5.74) is 2.21. The van der Waals surface area contributed by atoms with Crippen molar-refractivity contribution in [3.63, 3.8) is 0 Å². The number of nitrogens with one attached hydrogen (secondary N) is 2. The number of aryl methyl sites for hydroxylation is 1. The van der Waals surface area contributed by atoms with Crippen LogP contribution in [0.5, 0.6) is 5.75 Å². The first-order valence-electron chi connectivity index (χ1n) is 7.80. The van der Waals surface area contributed by atoms with Gasteiger partial charge in [-0.05, 0) is 43.2 Å². The third kappa shape index (κ3) is 6.11. The van der Waals surface area contributed by atoms with E-state index >= 15 is 0 Å². The van der Waals surface area contributed by atoms with Crippen molar-refractivity contribution in [1.29, 1.82) is 0 Å². The number of amides is 1. The van der Waals surface area contributed by atoms with Gasteiger partial charge in [0.2, 0.25) is 10.0 Å². The lowest BCUT2D eigenvalue weighted by molar-refractivity contribution is -0.123. The Bertz CT molecular complexity index is 850. The molecule has 0 radical (unpaired) electrons. The molecule has 2 rings (SSSR count). The molecular weight excluding hydrogens is 340 g/mol. The monoisotopic (exact) mass is 362 g/mol. The van der Waals surface area contributed by atoms with Crippen molar-refractivity contribution < 1.29 is 17.9 Å². The number of hydrogen-bond donors (Lipinski definition) is 2. The van der Waals surface area contributed by atoms with Crippen molar-refractivity contribution in [2.24, 2.45) is 0 Å². The number of carbonyl (C=O) groups excluding carboxylic acids is 1. The number of anilines is 1. The lowest BCUT2D eigenvalue weighted by Crippen LogP contribution is -2.31. The second-order valence-electron chi connectivity index (χ2n) is 5.84. The predicted molar refractivity (Wildman–Crippen MR) is 98.1 cm³/mol. The number of sulfonamides is 1. The van der Waals surface area contributed by atoms with Crippen LogP contribution in [0.4, 0.5) is 5.69 Å². The third-order valence-electron chi connectivity index (χ3n) is 3.52. The van der Waals surface area contributed by atoms with E-state index in [2.05, 4.69) is 10.0 Å². The van der Waals surface area contributed by atoms with Gasteiger partial charge in [0.1, 0.15) is 5.75 Å². The highest BCUT2D eigenvalue weighted by Crippen LogP contribution is 2.19. The Kier molecular flexibility index (Phi) is 6.03. The summed E-state index contributed by atoms with van der Waals surface area (Å²) in [4.78, 5) is 12.1. The molecule has 25 heavy (non-hydrogen) atoms. The Morgan fingerprint density at radius 2 is 1.88 bits per heavy atom. The van der Waals surface area contributed by atoms with Crippen LogP contribution >= 0.6 is 0 Å². The fourth-order valence-electron chi connectivity index (χ4n) is 2.31. The first-order valence-corrected chi connectivity index (χ1v) is 9.69. The molecule has 0 aromatic heterocycles. The zero-order chi connectivity index (χ0) is 18.4. The van der Waals surface area contributed by atoms with Gasteiger partial charge in [-0.25, -0.2) is 8.42 Å². The van der Waals surface area contributed by atoms with E-state index in [1.807, 2.05) is 44.2 Å². The average molecular weight is 362 g/mol. The third-order valence-corrected chi connectivity index (χ3v) is 4.13. The van der Waals surface area contributed by atoms with Gasteiger partial charge in [-0.2, -0.15) is 0 Å². The molecule has 0 aliphatic rings. The number of ether oxygens (including phenoxy) is 1. The molecule has 0 heterocycles. The zero-order valence-electron chi connectivity index (χ0n) is 14.4. The van der Waals surface area contributed by atoms with E-state index in [-0.39, 0.29) is 18.6 Å². The summed E-state index contributed by atoms with van der Waals surface area (Å²) in [5, 5.41) is 2.83. The number of carbonyl (C=O) groups is 1. The van der Waals surface area contributed by atoms with Crippen molar-refractivity contribution in [2.45, 2.75) is 19.9 Å². The maximum atomic E-state index is 12.1. The van der Waals surface area contributed by atoms with Crippen molar-refractivity contribution in [2.75, 3.05) is 17.6 Å². The normalized spacial score (nSPS) is 12.3. The maximum absolute atomic E-state index is 12.1. The van der Waals surface area contributed by atoms with Crippen LogP contribution in [0.25, 0.3) is 0 Å². The summed E-state index contributed by atoms with van der Waals surface area (Å²) in [7, 11) is -3.34. The van der Waals surface area contributed by atoms with Crippen LogP contribution in [0, 0.1) is 6.92 Å². The van der Waals surface area contributed by atoms with E-state index in [4.69, 9.17) is 4.74 Å². The molecule has 2 N–H and O–H groups in total. The van der Waals surface area contributed by atoms with Crippen LogP contribution in [-0.2, 0) is 14.8 Å². The van der Waals surface area contributed by atoms with E-state index < -0.39 is 10.0 Å². The molecule has 0 saturated heterocycles. The van der Waals surface area contributed by atoms with Crippen LogP contribution in [0.1, 0.15) is 24.1 Å². The second kappa shape index (κ2) is 8.02. The minimum absolute atomic E-state index is 0.0868. The maximum Gasteiger partial charge on any atom is 0.258 e.